The molecule has 3 aromatic rings. The molecule has 2 aromatic heterocycles. The van der Waals surface area contributed by atoms with Crippen LogP contribution in [-0.4, -0.2) is 36.7 Å². The third-order valence-electron chi connectivity index (χ3n) is 5.53. The minimum absolute atomic E-state index is 0.151. The van der Waals surface area contributed by atoms with E-state index < -0.39 is 6.10 Å². The molecule has 0 spiro atoms. The first kappa shape index (κ1) is 19.7. The van der Waals surface area contributed by atoms with Gasteiger partial charge in [-0.1, -0.05) is 12.1 Å². The molecule has 0 amide bonds. The fraction of sp³-hybridized carbons (Fsp3) is 0.318. The molecule has 1 unspecified atom stereocenters. The van der Waals surface area contributed by atoms with Crippen LogP contribution in [0.4, 0.5) is 5.95 Å². The van der Waals surface area contributed by atoms with E-state index in [4.69, 9.17) is 10.2 Å². The molecule has 1 N–H and O–H groups in total. The Bertz CT molecular complexity index is 1150. The highest BCUT2D eigenvalue weighted by molar-refractivity contribution is 5.56. The minimum Gasteiger partial charge on any atom is -0.387 e. The van der Waals surface area contributed by atoms with Crippen molar-refractivity contribution in [1.82, 2.24) is 19.5 Å². The Hall–Kier alpha value is -3.57. The minimum atomic E-state index is -0.803. The predicted octanol–water partition coefficient (Wildman–Crippen LogP) is 2.29. The topological polar surface area (TPSA) is 108 Å². The Balaban J connectivity index is 1.73. The van der Waals surface area contributed by atoms with Gasteiger partial charge in [-0.2, -0.15) is 5.26 Å². The van der Waals surface area contributed by atoms with Gasteiger partial charge in [0.05, 0.1) is 35.7 Å². The first-order valence-electron chi connectivity index (χ1n) is 9.73. The Morgan fingerprint density at radius 1 is 1.23 bits per heavy atom. The van der Waals surface area contributed by atoms with Crippen molar-refractivity contribution in [1.29, 1.82) is 5.26 Å². The summed E-state index contributed by atoms with van der Waals surface area (Å²) in [4.78, 5) is 27.6. The number of hydrogen-bond donors (Lipinski definition) is 1. The number of β-amino-alcohol motifs (C(OH)–C–C–N with tert-alkyl or cyclic N) is 1. The zero-order valence-electron chi connectivity index (χ0n) is 16.9. The number of rotatable bonds is 4. The van der Waals surface area contributed by atoms with Gasteiger partial charge in [0, 0.05) is 24.3 Å². The van der Waals surface area contributed by atoms with Gasteiger partial charge >= 0.3 is 0 Å². The maximum absolute atomic E-state index is 12.8. The number of benzene rings is 1. The van der Waals surface area contributed by atoms with E-state index in [1.165, 1.54) is 12.4 Å². The average Bonchev–Trinajstić information content (AvgIpc) is 2.76. The van der Waals surface area contributed by atoms with Gasteiger partial charge in [0.25, 0.3) is 5.56 Å². The summed E-state index contributed by atoms with van der Waals surface area (Å²) in [5.74, 6) is 0.514. The highest BCUT2D eigenvalue weighted by atomic mass is 16.3. The largest absolute Gasteiger partial charge is 0.387 e. The molecular formula is C22H22N6O2. The van der Waals surface area contributed by atoms with Crippen molar-refractivity contribution >= 4 is 5.95 Å². The van der Waals surface area contributed by atoms with Crippen LogP contribution < -0.4 is 10.5 Å². The van der Waals surface area contributed by atoms with Crippen molar-refractivity contribution in [2.24, 2.45) is 0 Å². The second-order valence-corrected chi connectivity index (χ2v) is 7.95. The smallest absolute Gasteiger partial charge is 0.255 e. The quantitative estimate of drug-likeness (QED) is 0.713. The van der Waals surface area contributed by atoms with Gasteiger partial charge in [0.15, 0.2) is 0 Å². The summed E-state index contributed by atoms with van der Waals surface area (Å²) in [5, 5.41) is 19.9. The molecule has 1 aliphatic rings. The summed E-state index contributed by atoms with van der Waals surface area (Å²) >= 11 is 0. The van der Waals surface area contributed by atoms with E-state index in [0.717, 1.165) is 6.42 Å². The van der Waals surface area contributed by atoms with Crippen LogP contribution in [0.1, 0.15) is 37.5 Å². The van der Waals surface area contributed by atoms with Crippen molar-refractivity contribution in [3.63, 3.8) is 0 Å². The number of hydrogen-bond acceptors (Lipinski definition) is 7. The van der Waals surface area contributed by atoms with E-state index in [-0.39, 0.29) is 17.6 Å². The lowest BCUT2D eigenvalue weighted by molar-refractivity contribution is 0.169. The molecule has 152 valence electrons. The van der Waals surface area contributed by atoms with Crippen molar-refractivity contribution in [2.45, 2.75) is 38.5 Å². The first-order chi connectivity index (χ1) is 14.4. The van der Waals surface area contributed by atoms with Crippen molar-refractivity contribution in [3.05, 3.63) is 70.4 Å². The number of aliphatic hydroxyl groups excluding tert-OH is 1. The summed E-state index contributed by atoms with van der Waals surface area (Å²) < 4.78 is 1.64. The van der Waals surface area contributed by atoms with Gasteiger partial charge in [-0.15, -0.1) is 0 Å². The maximum Gasteiger partial charge on any atom is 0.255 e. The summed E-state index contributed by atoms with van der Waals surface area (Å²) in [6.07, 6.45) is 2.97. The highest BCUT2D eigenvalue weighted by Crippen LogP contribution is 2.33. The first-order valence-corrected chi connectivity index (χ1v) is 9.73. The van der Waals surface area contributed by atoms with Crippen molar-refractivity contribution < 1.29 is 5.11 Å². The van der Waals surface area contributed by atoms with Crippen LogP contribution >= 0.6 is 0 Å². The number of nitriles is 1. The lowest BCUT2D eigenvalue weighted by Gasteiger charge is -2.45. The molecule has 0 bridgehead atoms. The molecule has 0 aliphatic carbocycles. The fourth-order valence-electron chi connectivity index (χ4n) is 3.66. The molecule has 0 saturated heterocycles. The van der Waals surface area contributed by atoms with Crippen LogP contribution in [0, 0.1) is 11.3 Å². The summed E-state index contributed by atoms with van der Waals surface area (Å²) in [7, 11) is 0. The zero-order valence-corrected chi connectivity index (χ0v) is 16.9. The molecule has 1 atom stereocenters. The monoisotopic (exact) mass is 402 g/mol. The second kappa shape index (κ2) is 7.69. The van der Waals surface area contributed by atoms with Gasteiger partial charge in [0.1, 0.15) is 6.33 Å². The Labute approximate surface area is 174 Å². The molecule has 3 heterocycles. The Morgan fingerprint density at radius 2 is 2.00 bits per heavy atom. The van der Waals surface area contributed by atoms with E-state index >= 15 is 0 Å². The molecule has 0 fully saturated rings. The third-order valence-corrected chi connectivity index (χ3v) is 5.53. The molecule has 1 aliphatic heterocycles. The number of nitrogens with zero attached hydrogens (tertiary/aromatic N) is 6. The lowest BCUT2D eigenvalue weighted by Crippen LogP contribution is -2.53. The molecular weight excluding hydrogens is 380 g/mol. The van der Waals surface area contributed by atoms with E-state index in [1.54, 1.807) is 41.1 Å². The summed E-state index contributed by atoms with van der Waals surface area (Å²) in [5.41, 5.74) is 1.83. The van der Waals surface area contributed by atoms with E-state index in [0.29, 0.717) is 35.0 Å². The normalized spacial score (nSPS) is 15.9. The van der Waals surface area contributed by atoms with Gasteiger partial charge in [-0.05, 0) is 44.0 Å². The lowest BCUT2D eigenvalue weighted by atomic mass is 9.95. The van der Waals surface area contributed by atoms with Gasteiger partial charge in [0.2, 0.25) is 5.95 Å². The number of aliphatic hydroxyl groups is 1. The van der Waals surface area contributed by atoms with Crippen molar-refractivity contribution in [2.75, 3.05) is 11.4 Å². The Kier molecular flexibility index (Phi) is 5.06. The molecule has 8 nitrogen and oxygen atoms in total. The van der Waals surface area contributed by atoms with Crippen LogP contribution in [0.2, 0.25) is 0 Å². The summed E-state index contributed by atoms with van der Waals surface area (Å²) in [6, 6.07) is 12.1. The molecule has 30 heavy (non-hydrogen) atoms. The standard InChI is InChI=1S/C22H22N6O2/c1-22(2)8-10-27-20(30)11-18(17-7-9-24-14-25-17)26-21(27)28(22)13-19(29)16-5-3-15(12-23)4-6-16/h3-7,9,11,14,19,29H,8,10,13H2,1-2H3. The number of aromatic nitrogens is 4. The molecule has 0 saturated carbocycles. The van der Waals surface area contributed by atoms with Gasteiger partial charge in [-0.25, -0.2) is 15.0 Å². The van der Waals surface area contributed by atoms with E-state index in [2.05, 4.69) is 29.9 Å². The van der Waals surface area contributed by atoms with Crippen LogP contribution in [0.25, 0.3) is 11.4 Å². The van der Waals surface area contributed by atoms with Crippen LogP contribution in [0.15, 0.2) is 53.7 Å². The van der Waals surface area contributed by atoms with Gasteiger partial charge in [-0.3, -0.25) is 9.36 Å². The van der Waals surface area contributed by atoms with Crippen LogP contribution in [0.3, 0.4) is 0 Å². The van der Waals surface area contributed by atoms with Crippen LogP contribution in [-0.2, 0) is 6.54 Å². The average molecular weight is 402 g/mol. The summed E-state index contributed by atoms with van der Waals surface area (Å²) in [6.45, 7) is 4.97. The number of anilines is 1. The third kappa shape index (κ3) is 3.67. The van der Waals surface area contributed by atoms with E-state index in [9.17, 15) is 9.90 Å². The maximum atomic E-state index is 12.8. The predicted molar refractivity (Wildman–Crippen MR) is 112 cm³/mol. The molecule has 4 rings (SSSR count). The Morgan fingerprint density at radius 3 is 2.67 bits per heavy atom. The molecule has 0 radical (unpaired) electrons. The van der Waals surface area contributed by atoms with Crippen LogP contribution in [0.5, 0.6) is 0 Å². The zero-order chi connectivity index (χ0) is 21.3. The highest BCUT2D eigenvalue weighted by Gasteiger charge is 2.36. The van der Waals surface area contributed by atoms with E-state index in [1.807, 2.05) is 4.90 Å². The number of fused-ring (bicyclic) bond motifs is 1. The van der Waals surface area contributed by atoms with Crippen molar-refractivity contribution in [3.8, 4) is 17.5 Å². The molecule has 8 heteroatoms. The fourth-order valence-corrected chi connectivity index (χ4v) is 3.66. The van der Waals surface area contributed by atoms with Gasteiger partial charge < -0.3 is 10.0 Å². The second-order valence-electron chi connectivity index (χ2n) is 7.95. The SMILES string of the molecule is CC1(C)CCn2c(nc(-c3ccncn3)cc2=O)N1CC(O)c1ccc(C#N)cc1. The molecule has 1 aromatic carbocycles.